The number of aromatic nitrogens is 1. The fraction of sp³-hybridized carbons (Fsp3) is 0.353. The van der Waals surface area contributed by atoms with Crippen molar-refractivity contribution in [1.29, 1.82) is 0 Å². The molecule has 0 aliphatic carbocycles. The van der Waals surface area contributed by atoms with E-state index in [9.17, 15) is 9.59 Å². The molecule has 1 saturated heterocycles. The van der Waals surface area contributed by atoms with Crippen LogP contribution in [0.2, 0.25) is 0 Å². The quantitative estimate of drug-likeness (QED) is 0.926. The van der Waals surface area contributed by atoms with Crippen LogP contribution in [0.15, 0.2) is 35.7 Å². The third kappa shape index (κ3) is 3.76. The average molecular weight is 329 g/mol. The lowest BCUT2D eigenvalue weighted by molar-refractivity contribution is -0.142. The molecule has 3 rings (SSSR count). The maximum Gasteiger partial charge on any atom is 0.243 e. The Morgan fingerprint density at radius 3 is 2.87 bits per heavy atom. The van der Waals surface area contributed by atoms with Crippen molar-refractivity contribution in [1.82, 2.24) is 15.2 Å². The fourth-order valence-corrected chi connectivity index (χ4v) is 3.41. The number of nitrogens with one attached hydrogen (secondary N) is 1. The highest BCUT2D eigenvalue weighted by Gasteiger charge is 2.33. The van der Waals surface area contributed by atoms with Crippen LogP contribution in [0, 0.1) is 6.92 Å². The predicted octanol–water partition coefficient (Wildman–Crippen LogP) is 1.56. The van der Waals surface area contributed by atoms with Gasteiger partial charge < -0.3 is 10.2 Å². The first-order valence-corrected chi connectivity index (χ1v) is 8.53. The van der Waals surface area contributed by atoms with Crippen LogP contribution < -0.4 is 5.32 Å². The van der Waals surface area contributed by atoms with E-state index in [1.807, 2.05) is 42.6 Å². The van der Waals surface area contributed by atoms with Gasteiger partial charge in [-0.2, -0.15) is 0 Å². The molecule has 1 atom stereocenters. The van der Waals surface area contributed by atoms with Gasteiger partial charge in [-0.15, -0.1) is 11.3 Å². The molecule has 2 amide bonds. The van der Waals surface area contributed by atoms with E-state index in [1.165, 1.54) is 11.3 Å². The highest BCUT2D eigenvalue weighted by atomic mass is 32.1. The minimum absolute atomic E-state index is 0.0360. The smallest absolute Gasteiger partial charge is 0.243 e. The van der Waals surface area contributed by atoms with E-state index in [1.54, 1.807) is 4.90 Å². The van der Waals surface area contributed by atoms with Gasteiger partial charge in [0.1, 0.15) is 6.04 Å². The molecule has 0 bridgehead atoms. The number of carbonyl (C=O) groups excluding carboxylic acids is 2. The zero-order valence-corrected chi connectivity index (χ0v) is 13.8. The van der Waals surface area contributed by atoms with Gasteiger partial charge in [-0.05, 0) is 12.5 Å². The molecule has 1 fully saturated rings. The lowest BCUT2D eigenvalue weighted by atomic mass is 10.0. The lowest BCUT2D eigenvalue weighted by Gasteiger charge is -2.35. The van der Waals surface area contributed by atoms with Crippen molar-refractivity contribution >= 4 is 23.2 Å². The second-order valence-corrected chi connectivity index (χ2v) is 6.68. The first-order chi connectivity index (χ1) is 11.1. The Balaban J connectivity index is 1.74. The minimum Gasteiger partial charge on any atom is -0.353 e. The van der Waals surface area contributed by atoms with Gasteiger partial charge in [-0.1, -0.05) is 30.3 Å². The molecule has 120 valence electrons. The molecule has 1 aliphatic heterocycles. The molecule has 1 aromatic heterocycles. The third-order valence-electron chi connectivity index (χ3n) is 3.92. The van der Waals surface area contributed by atoms with E-state index in [0.29, 0.717) is 19.5 Å². The van der Waals surface area contributed by atoms with Crippen LogP contribution in [-0.4, -0.2) is 40.8 Å². The summed E-state index contributed by atoms with van der Waals surface area (Å²) >= 11 is 1.54. The van der Waals surface area contributed by atoms with E-state index in [-0.39, 0.29) is 18.2 Å². The monoisotopic (exact) mass is 329 g/mol. The van der Waals surface area contributed by atoms with Gasteiger partial charge in [0.15, 0.2) is 0 Å². The van der Waals surface area contributed by atoms with Gasteiger partial charge >= 0.3 is 0 Å². The topological polar surface area (TPSA) is 62.3 Å². The number of nitrogens with zero attached hydrogens (tertiary/aromatic N) is 2. The molecule has 0 saturated carbocycles. The van der Waals surface area contributed by atoms with Crippen LogP contribution in [-0.2, 0) is 22.4 Å². The van der Waals surface area contributed by atoms with Crippen LogP contribution in [0.3, 0.4) is 0 Å². The van der Waals surface area contributed by atoms with Crippen molar-refractivity contribution in [3.8, 4) is 0 Å². The summed E-state index contributed by atoms with van der Waals surface area (Å²) in [4.78, 5) is 30.9. The maximum atomic E-state index is 12.6. The highest BCUT2D eigenvalue weighted by Crippen LogP contribution is 2.15. The zero-order valence-electron chi connectivity index (χ0n) is 13.0. The molecular weight excluding hydrogens is 310 g/mol. The SMILES string of the molecule is Cc1nc(CC(=O)N2CCNC(=O)[C@H]2Cc2ccccc2)cs1. The summed E-state index contributed by atoms with van der Waals surface area (Å²) in [7, 11) is 0. The number of rotatable bonds is 4. The van der Waals surface area contributed by atoms with Crippen LogP contribution in [0.25, 0.3) is 0 Å². The summed E-state index contributed by atoms with van der Waals surface area (Å²) < 4.78 is 0. The van der Waals surface area contributed by atoms with Crippen molar-refractivity contribution in [2.75, 3.05) is 13.1 Å². The van der Waals surface area contributed by atoms with Crippen molar-refractivity contribution in [3.63, 3.8) is 0 Å². The van der Waals surface area contributed by atoms with Crippen LogP contribution in [0.1, 0.15) is 16.3 Å². The molecule has 5 nitrogen and oxygen atoms in total. The van der Waals surface area contributed by atoms with E-state index in [2.05, 4.69) is 10.3 Å². The normalized spacial score (nSPS) is 17.9. The summed E-state index contributed by atoms with van der Waals surface area (Å²) in [5.74, 6) is -0.117. The van der Waals surface area contributed by atoms with Crippen molar-refractivity contribution < 1.29 is 9.59 Å². The number of hydrogen-bond donors (Lipinski definition) is 1. The number of benzene rings is 1. The molecule has 1 aromatic carbocycles. The Kier molecular flexibility index (Phi) is 4.71. The molecule has 6 heteroatoms. The Hall–Kier alpha value is -2.21. The number of hydrogen-bond acceptors (Lipinski definition) is 4. The van der Waals surface area contributed by atoms with E-state index < -0.39 is 6.04 Å². The third-order valence-corrected chi connectivity index (χ3v) is 4.74. The average Bonchev–Trinajstić information content (AvgIpc) is 2.95. The van der Waals surface area contributed by atoms with Crippen LogP contribution in [0.4, 0.5) is 0 Å². The second kappa shape index (κ2) is 6.91. The standard InChI is InChI=1S/C17H19N3O2S/c1-12-19-14(11-23-12)10-16(21)20-8-7-18-17(22)15(20)9-13-5-3-2-4-6-13/h2-6,11,15H,7-10H2,1H3,(H,18,22)/t15-/m1/s1. The van der Waals surface area contributed by atoms with Gasteiger partial charge in [0, 0.05) is 24.9 Å². The Morgan fingerprint density at radius 1 is 1.39 bits per heavy atom. The zero-order chi connectivity index (χ0) is 16.2. The number of carbonyl (C=O) groups is 2. The molecular formula is C17H19N3O2S. The highest BCUT2D eigenvalue weighted by molar-refractivity contribution is 7.09. The molecule has 1 N–H and O–H groups in total. The molecule has 23 heavy (non-hydrogen) atoms. The van der Waals surface area contributed by atoms with Gasteiger partial charge in [0.05, 0.1) is 17.1 Å². The number of aryl methyl sites for hydroxylation is 1. The van der Waals surface area contributed by atoms with Gasteiger partial charge in [0.2, 0.25) is 11.8 Å². The van der Waals surface area contributed by atoms with Gasteiger partial charge in [-0.3, -0.25) is 9.59 Å². The summed E-state index contributed by atoms with van der Waals surface area (Å²) in [5.41, 5.74) is 1.83. The molecule has 0 spiro atoms. The summed E-state index contributed by atoms with van der Waals surface area (Å²) in [6.07, 6.45) is 0.789. The van der Waals surface area contributed by atoms with Crippen molar-refractivity contribution in [3.05, 3.63) is 52.0 Å². The van der Waals surface area contributed by atoms with E-state index >= 15 is 0 Å². The molecule has 1 aliphatic rings. The molecule has 2 heterocycles. The molecule has 2 aromatic rings. The van der Waals surface area contributed by atoms with E-state index in [4.69, 9.17) is 0 Å². The molecule has 0 radical (unpaired) electrons. The largest absolute Gasteiger partial charge is 0.353 e. The first kappa shape index (κ1) is 15.7. The number of amides is 2. The van der Waals surface area contributed by atoms with Gasteiger partial charge in [0.25, 0.3) is 0 Å². The van der Waals surface area contributed by atoms with Gasteiger partial charge in [-0.25, -0.2) is 4.98 Å². The van der Waals surface area contributed by atoms with Crippen LogP contribution >= 0.6 is 11.3 Å². The lowest BCUT2D eigenvalue weighted by Crippen LogP contribution is -2.58. The van der Waals surface area contributed by atoms with Crippen molar-refractivity contribution in [2.45, 2.75) is 25.8 Å². The minimum atomic E-state index is -0.446. The maximum absolute atomic E-state index is 12.6. The van der Waals surface area contributed by atoms with E-state index in [0.717, 1.165) is 16.3 Å². The second-order valence-electron chi connectivity index (χ2n) is 5.62. The summed E-state index contributed by atoms with van der Waals surface area (Å²) in [6.45, 7) is 2.97. The molecule has 0 unspecified atom stereocenters. The summed E-state index contributed by atoms with van der Waals surface area (Å²) in [5, 5.41) is 5.71. The Morgan fingerprint density at radius 2 is 2.17 bits per heavy atom. The number of piperazine rings is 1. The Labute approximate surface area is 139 Å². The van der Waals surface area contributed by atoms with Crippen molar-refractivity contribution in [2.24, 2.45) is 0 Å². The number of thiazole rings is 1. The fourth-order valence-electron chi connectivity index (χ4n) is 2.80. The Bertz CT molecular complexity index is 699. The predicted molar refractivity (Wildman–Crippen MR) is 89.2 cm³/mol. The summed E-state index contributed by atoms with van der Waals surface area (Å²) in [6, 6.07) is 9.35. The van der Waals surface area contributed by atoms with Crippen LogP contribution in [0.5, 0.6) is 0 Å². The first-order valence-electron chi connectivity index (χ1n) is 7.65.